The van der Waals surface area contributed by atoms with Gasteiger partial charge in [0.1, 0.15) is 0 Å². The Bertz CT molecular complexity index is 574. The molecule has 0 fully saturated rings. The molecule has 0 aliphatic heterocycles. The van der Waals surface area contributed by atoms with Crippen LogP contribution in [0.25, 0.3) is 0 Å². The van der Waals surface area contributed by atoms with Gasteiger partial charge in [0.05, 0.1) is 6.10 Å². The molecule has 0 spiro atoms. The fourth-order valence-electron chi connectivity index (χ4n) is 2.81. The molecular formula is C17H19NO. The van der Waals surface area contributed by atoms with E-state index in [1.807, 2.05) is 24.3 Å². The first kappa shape index (κ1) is 12.2. The minimum Gasteiger partial charge on any atom is -0.399 e. The SMILES string of the molecule is Nc1ccc(C(O)Cc2ccc3c(c2)CCC3)cc1. The second kappa shape index (κ2) is 5.06. The summed E-state index contributed by atoms with van der Waals surface area (Å²) in [6.45, 7) is 0. The topological polar surface area (TPSA) is 46.2 Å². The maximum Gasteiger partial charge on any atom is 0.0830 e. The minimum absolute atomic E-state index is 0.458. The van der Waals surface area contributed by atoms with E-state index in [4.69, 9.17) is 5.73 Å². The second-order valence-corrected chi connectivity index (χ2v) is 5.34. The Kier molecular flexibility index (Phi) is 3.26. The maximum atomic E-state index is 10.3. The van der Waals surface area contributed by atoms with E-state index < -0.39 is 6.10 Å². The van der Waals surface area contributed by atoms with Gasteiger partial charge in [-0.1, -0.05) is 30.3 Å². The minimum atomic E-state index is -0.458. The third-order valence-electron chi connectivity index (χ3n) is 3.91. The van der Waals surface area contributed by atoms with Crippen LogP contribution in [0.1, 0.15) is 34.8 Å². The number of fused-ring (bicyclic) bond motifs is 1. The first-order chi connectivity index (χ1) is 9.22. The third kappa shape index (κ3) is 2.64. The van der Waals surface area contributed by atoms with E-state index in [1.54, 1.807) is 0 Å². The van der Waals surface area contributed by atoms with Gasteiger partial charge in [-0.05, 0) is 53.6 Å². The molecule has 0 heterocycles. The van der Waals surface area contributed by atoms with Gasteiger partial charge in [0.2, 0.25) is 0 Å². The van der Waals surface area contributed by atoms with Crippen molar-refractivity contribution in [1.82, 2.24) is 0 Å². The summed E-state index contributed by atoms with van der Waals surface area (Å²) in [7, 11) is 0. The van der Waals surface area contributed by atoms with Gasteiger partial charge in [-0.2, -0.15) is 0 Å². The molecule has 2 aromatic rings. The Morgan fingerprint density at radius 1 is 1.00 bits per heavy atom. The molecule has 2 nitrogen and oxygen atoms in total. The van der Waals surface area contributed by atoms with Crippen molar-refractivity contribution >= 4 is 5.69 Å². The molecule has 0 radical (unpaired) electrons. The van der Waals surface area contributed by atoms with Crippen LogP contribution in [0.5, 0.6) is 0 Å². The molecule has 1 aliphatic carbocycles. The number of nitrogen functional groups attached to an aromatic ring is 1. The summed E-state index contributed by atoms with van der Waals surface area (Å²) in [4.78, 5) is 0. The first-order valence-electron chi connectivity index (χ1n) is 6.86. The lowest BCUT2D eigenvalue weighted by atomic mass is 9.98. The molecule has 0 saturated carbocycles. The van der Waals surface area contributed by atoms with Crippen LogP contribution in [0.4, 0.5) is 5.69 Å². The fraction of sp³-hybridized carbons (Fsp3) is 0.294. The Balaban J connectivity index is 1.75. The molecule has 0 aromatic heterocycles. The van der Waals surface area contributed by atoms with Crippen molar-refractivity contribution in [3.05, 3.63) is 64.7 Å². The van der Waals surface area contributed by atoms with Crippen LogP contribution in [0.2, 0.25) is 0 Å². The molecule has 2 aromatic carbocycles. The highest BCUT2D eigenvalue weighted by Gasteiger charge is 2.13. The Morgan fingerprint density at radius 3 is 2.53 bits per heavy atom. The molecule has 1 atom stereocenters. The number of rotatable bonds is 3. The fourth-order valence-corrected chi connectivity index (χ4v) is 2.81. The molecule has 0 saturated heterocycles. The highest BCUT2D eigenvalue weighted by molar-refractivity contribution is 5.40. The van der Waals surface area contributed by atoms with Gasteiger partial charge in [-0.25, -0.2) is 0 Å². The van der Waals surface area contributed by atoms with Gasteiger partial charge in [0.15, 0.2) is 0 Å². The average molecular weight is 253 g/mol. The molecule has 1 aliphatic rings. The van der Waals surface area contributed by atoms with E-state index in [-0.39, 0.29) is 0 Å². The largest absolute Gasteiger partial charge is 0.399 e. The molecule has 19 heavy (non-hydrogen) atoms. The number of anilines is 1. The predicted molar refractivity (Wildman–Crippen MR) is 78.0 cm³/mol. The summed E-state index contributed by atoms with van der Waals surface area (Å²) in [5.74, 6) is 0. The number of aliphatic hydroxyl groups excluding tert-OH is 1. The smallest absolute Gasteiger partial charge is 0.0830 e. The maximum absolute atomic E-state index is 10.3. The first-order valence-corrected chi connectivity index (χ1v) is 6.86. The van der Waals surface area contributed by atoms with Crippen LogP contribution in [0.15, 0.2) is 42.5 Å². The predicted octanol–water partition coefficient (Wildman–Crippen LogP) is 3.03. The van der Waals surface area contributed by atoms with Gasteiger partial charge >= 0.3 is 0 Å². The zero-order valence-corrected chi connectivity index (χ0v) is 11.0. The molecule has 1 unspecified atom stereocenters. The molecule has 3 N–H and O–H groups in total. The number of hydrogen-bond donors (Lipinski definition) is 2. The molecule has 98 valence electrons. The standard InChI is InChI=1S/C17H19NO/c18-16-8-6-14(7-9-16)17(19)11-12-4-5-13-2-1-3-15(13)10-12/h4-10,17,19H,1-3,11,18H2. The third-order valence-corrected chi connectivity index (χ3v) is 3.91. The van der Waals surface area contributed by atoms with Crippen molar-refractivity contribution in [2.75, 3.05) is 5.73 Å². The van der Waals surface area contributed by atoms with Crippen LogP contribution in [0.3, 0.4) is 0 Å². The normalized spacial score (nSPS) is 15.2. The highest BCUT2D eigenvalue weighted by atomic mass is 16.3. The van der Waals surface area contributed by atoms with E-state index in [0.717, 1.165) is 11.3 Å². The van der Waals surface area contributed by atoms with Crippen LogP contribution in [-0.4, -0.2) is 5.11 Å². The van der Waals surface area contributed by atoms with Gasteiger partial charge in [0.25, 0.3) is 0 Å². The summed E-state index contributed by atoms with van der Waals surface area (Å²) in [6.07, 6.45) is 3.85. The Labute approximate surface area is 113 Å². The van der Waals surface area contributed by atoms with Crippen molar-refractivity contribution in [2.24, 2.45) is 0 Å². The number of aryl methyl sites for hydroxylation is 2. The van der Waals surface area contributed by atoms with E-state index in [2.05, 4.69) is 18.2 Å². The molecule has 0 amide bonds. The highest BCUT2D eigenvalue weighted by Crippen LogP contribution is 2.25. The quantitative estimate of drug-likeness (QED) is 0.826. The summed E-state index contributed by atoms with van der Waals surface area (Å²) < 4.78 is 0. The van der Waals surface area contributed by atoms with Gasteiger partial charge in [-0.3, -0.25) is 0 Å². The summed E-state index contributed by atoms with van der Waals surface area (Å²) in [6, 6.07) is 14.1. The van der Waals surface area contributed by atoms with Crippen molar-refractivity contribution in [3.8, 4) is 0 Å². The monoisotopic (exact) mass is 253 g/mol. The lowest BCUT2D eigenvalue weighted by Crippen LogP contribution is -2.02. The van der Waals surface area contributed by atoms with Crippen molar-refractivity contribution in [1.29, 1.82) is 0 Å². The van der Waals surface area contributed by atoms with Crippen molar-refractivity contribution in [3.63, 3.8) is 0 Å². The second-order valence-electron chi connectivity index (χ2n) is 5.34. The summed E-state index contributed by atoms with van der Waals surface area (Å²) in [5, 5.41) is 10.3. The van der Waals surface area contributed by atoms with Crippen molar-refractivity contribution in [2.45, 2.75) is 31.8 Å². The van der Waals surface area contributed by atoms with E-state index >= 15 is 0 Å². The van der Waals surface area contributed by atoms with Crippen LogP contribution in [-0.2, 0) is 19.3 Å². The van der Waals surface area contributed by atoms with Crippen LogP contribution < -0.4 is 5.73 Å². The van der Waals surface area contributed by atoms with E-state index in [0.29, 0.717) is 6.42 Å². The summed E-state index contributed by atoms with van der Waals surface area (Å²) in [5.41, 5.74) is 11.5. The summed E-state index contributed by atoms with van der Waals surface area (Å²) >= 11 is 0. The number of nitrogens with two attached hydrogens (primary N) is 1. The van der Waals surface area contributed by atoms with Gasteiger partial charge in [-0.15, -0.1) is 0 Å². The zero-order valence-electron chi connectivity index (χ0n) is 11.0. The van der Waals surface area contributed by atoms with Crippen LogP contribution >= 0.6 is 0 Å². The molecule has 0 bridgehead atoms. The number of hydrogen-bond acceptors (Lipinski definition) is 2. The van der Waals surface area contributed by atoms with Gasteiger partial charge < -0.3 is 10.8 Å². The van der Waals surface area contributed by atoms with Gasteiger partial charge in [0, 0.05) is 12.1 Å². The lowest BCUT2D eigenvalue weighted by Gasteiger charge is -2.12. The molecule has 2 heteroatoms. The Morgan fingerprint density at radius 2 is 1.74 bits per heavy atom. The molecule has 3 rings (SSSR count). The number of benzene rings is 2. The lowest BCUT2D eigenvalue weighted by molar-refractivity contribution is 0.178. The average Bonchev–Trinajstić information content (AvgIpc) is 2.87. The molecular weight excluding hydrogens is 234 g/mol. The van der Waals surface area contributed by atoms with E-state index in [9.17, 15) is 5.11 Å². The Hall–Kier alpha value is -1.80. The number of aliphatic hydroxyl groups is 1. The van der Waals surface area contributed by atoms with Crippen molar-refractivity contribution < 1.29 is 5.11 Å². The van der Waals surface area contributed by atoms with E-state index in [1.165, 1.54) is 36.0 Å². The van der Waals surface area contributed by atoms with Crippen LogP contribution in [0, 0.1) is 0 Å². The zero-order chi connectivity index (χ0) is 13.2.